The predicted molar refractivity (Wildman–Crippen MR) is 56.1 cm³/mol. The third-order valence-electron chi connectivity index (χ3n) is 1.23. The molecule has 0 radical (unpaired) electrons. The van der Waals surface area contributed by atoms with E-state index < -0.39 is 7.60 Å². The second kappa shape index (κ2) is 8.07. The Morgan fingerprint density at radius 1 is 1.15 bits per heavy atom. The smallest absolute Gasteiger partial charge is 0.307 e. The van der Waals surface area contributed by atoms with Gasteiger partial charge in [-0.1, -0.05) is 6.92 Å². The van der Waals surface area contributed by atoms with Crippen molar-refractivity contribution in [3.05, 3.63) is 0 Å². The van der Waals surface area contributed by atoms with Crippen LogP contribution < -0.4 is 0 Å². The third-order valence-corrected chi connectivity index (χ3v) is 3.68. The topological polar surface area (TPSA) is 35.5 Å². The maximum absolute atomic E-state index is 11.8. The van der Waals surface area contributed by atoms with Crippen LogP contribution in [0, 0.1) is 0 Å². The van der Waals surface area contributed by atoms with E-state index in [4.69, 9.17) is 32.2 Å². The molecule has 0 atom stereocenters. The van der Waals surface area contributed by atoms with Gasteiger partial charge in [-0.25, -0.2) is 0 Å². The van der Waals surface area contributed by atoms with Gasteiger partial charge in [0.15, 0.2) is 0 Å². The van der Waals surface area contributed by atoms with Crippen LogP contribution in [0.2, 0.25) is 0 Å². The Kier molecular flexibility index (Phi) is 8.53. The predicted octanol–water partition coefficient (Wildman–Crippen LogP) is 3.10. The first-order valence-electron chi connectivity index (χ1n) is 4.18. The van der Waals surface area contributed by atoms with Crippen LogP contribution in [0.1, 0.15) is 13.3 Å². The van der Waals surface area contributed by atoms with Crippen molar-refractivity contribution in [1.29, 1.82) is 0 Å². The molecule has 0 aliphatic rings. The van der Waals surface area contributed by atoms with Crippen molar-refractivity contribution >= 4 is 30.8 Å². The van der Waals surface area contributed by atoms with Gasteiger partial charge < -0.3 is 9.05 Å². The Morgan fingerprint density at radius 2 is 1.62 bits per heavy atom. The summed E-state index contributed by atoms with van der Waals surface area (Å²) in [6.07, 6.45) is 1.17. The van der Waals surface area contributed by atoms with E-state index in [-0.39, 0.29) is 13.2 Å². The van der Waals surface area contributed by atoms with Crippen molar-refractivity contribution in [1.82, 2.24) is 0 Å². The average molecular weight is 249 g/mol. The standard InChI is InChI=1S/C7H15Cl2O3P/c1-2-7-13(10,11-5-3-8)12-6-4-9/h2-7H2,1H3. The molecule has 0 saturated carbocycles. The summed E-state index contributed by atoms with van der Waals surface area (Å²) in [5.74, 6) is 0.635. The van der Waals surface area contributed by atoms with Gasteiger partial charge in [0.1, 0.15) is 0 Å². The van der Waals surface area contributed by atoms with Crippen molar-refractivity contribution in [2.75, 3.05) is 31.1 Å². The van der Waals surface area contributed by atoms with Crippen LogP contribution in [-0.2, 0) is 13.6 Å². The Labute approximate surface area is 89.2 Å². The van der Waals surface area contributed by atoms with Gasteiger partial charge in [0.2, 0.25) is 0 Å². The first-order chi connectivity index (χ1) is 6.18. The van der Waals surface area contributed by atoms with Crippen LogP contribution >= 0.6 is 30.8 Å². The molecule has 0 N–H and O–H groups in total. The summed E-state index contributed by atoms with van der Waals surface area (Å²) >= 11 is 10.8. The van der Waals surface area contributed by atoms with Gasteiger partial charge in [0.25, 0.3) is 0 Å². The van der Waals surface area contributed by atoms with Gasteiger partial charge in [-0.15, -0.1) is 23.2 Å². The second-order valence-corrected chi connectivity index (χ2v) is 5.32. The maximum Gasteiger partial charge on any atom is 0.330 e. The molecule has 0 spiro atoms. The highest BCUT2D eigenvalue weighted by Gasteiger charge is 2.22. The largest absolute Gasteiger partial charge is 0.330 e. The SMILES string of the molecule is CCCP(=O)(OCCCl)OCCCl. The van der Waals surface area contributed by atoms with Gasteiger partial charge >= 0.3 is 7.60 Å². The summed E-state index contributed by atoms with van der Waals surface area (Å²) in [5, 5.41) is 0. The molecule has 0 rings (SSSR count). The molecule has 0 amide bonds. The Bertz CT molecular complexity index is 154. The van der Waals surface area contributed by atoms with E-state index in [1.807, 2.05) is 6.92 Å². The Hall–Kier alpha value is 0.730. The van der Waals surface area contributed by atoms with E-state index in [0.29, 0.717) is 17.9 Å². The highest BCUT2D eigenvalue weighted by atomic mass is 35.5. The van der Waals surface area contributed by atoms with Gasteiger partial charge in [0.05, 0.1) is 13.2 Å². The Morgan fingerprint density at radius 3 is 1.92 bits per heavy atom. The van der Waals surface area contributed by atoms with E-state index in [2.05, 4.69) is 0 Å². The van der Waals surface area contributed by atoms with Crippen molar-refractivity contribution in [2.24, 2.45) is 0 Å². The van der Waals surface area contributed by atoms with Gasteiger partial charge in [-0.05, 0) is 6.42 Å². The van der Waals surface area contributed by atoms with Gasteiger partial charge in [0, 0.05) is 17.9 Å². The molecule has 0 aliphatic carbocycles. The first kappa shape index (κ1) is 13.7. The van der Waals surface area contributed by atoms with E-state index in [9.17, 15) is 4.57 Å². The van der Waals surface area contributed by atoms with Crippen LogP contribution in [-0.4, -0.2) is 31.1 Å². The van der Waals surface area contributed by atoms with E-state index in [1.54, 1.807) is 0 Å². The molecule has 80 valence electrons. The lowest BCUT2D eigenvalue weighted by molar-refractivity contribution is 0.222. The highest BCUT2D eigenvalue weighted by molar-refractivity contribution is 7.53. The number of rotatable bonds is 8. The molecular formula is C7H15Cl2O3P. The molecule has 0 aliphatic heterocycles. The van der Waals surface area contributed by atoms with Crippen molar-refractivity contribution in [3.8, 4) is 0 Å². The lowest BCUT2D eigenvalue weighted by Gasteiger charge is -2.16. The fraction of sp³-hybridized carbons (Fsp3) is 1.00. The fourth-order valence-electron chi connectivity index (χ4n) is 0.787. The summed E-state index contributed by atoms with van der Waals surface area (Å²) in [4.78, 5) is 0. The fourth-order valence-corrected chi connectivity index (χ4v) is 2.78. The quantitative estimate of drug-likeness (QED) is 0.489. The van der Waals surface area contributed by atoms with E-state index in [0.717, 1.165) is 6.42 Å². The minimum atomic E-state index is -2.92. The van der Waals surface area contributed by atoms with Crippen LogP contribution in [0.5, 0.6) is 0 Å². The third kappa shape index (κ3) is 6.75. The zero-order valence-electron chi connectivity index (χ0n) is 7.67. The van der Waals surface area contributed by atoms with Crippen LogP contribution in [0.15, 0.2) is 0 Å². The lowest BCUT2D eigenvalue weighted by Crippen LogP contribution is -2.03. The van der Waals surface area contributed by atoms with Crippen molar-refractivity contribution < 1.29 is 13.6 Å². The lowest BCUT2D eigenvalue weighted by atomic mass is 10.6. The van der Waals surface area contributed by atoms with Crippen LogP contribution in [0.3, 0.4) is 0 Å². The maximum atomic E-state index is 11.8. The molecular weight excluding hydrogens is 234 g/mol. The summed E-state index contributed by atoms with van der Waals surface area (Å²) in [7, 11) is -2.92. The summed E-state index contributed by atoms with van der Waals surface area (Å²) in [6.45, 7) is 2.42. The molecule has 0 aromatic heterocycles. The first-order valence-corrected chi connectivity index (χ1v) is 6.98. The molecule has 0 aromatic carbocycles. The monoisotopic (exact) mass is 248 g/mol. The van der Waals surface area contributed by atoms with Crippen LogP contribution in [0.4, 0.5) is 0 Å². The highest BCUT2D eigenvalue weighted by Crippen LogP contribution is 2.48. The number of alkyl halides is 2. The average Bonchev–Trinajstić information content (AvgIpc) is 2.12. The Balaban J connectivity index is 3.92. The summed E-state index contributed by atoms with van der Waals surface area (Å²) in [5.41, 5.74) is 0. The van der Waals surface area contributed by atoms with Gasteiger partial charge in [-0.3, -0.25) is 4.57 Å². The normalized spacial score (nSPS) is 11.9. The summed E-state index contributed by atoms with van der Waals surface area (Å²) < 4.78 is 21.9. The zero-order chi connectivity index (χ0) is 10.2. The van der Waals surface area contributed by atoms with Crippen LogP contribution in [0.25, 0.3) is 0 Å². The molecule has 13 heavy (non-hydrogen) atoms. The molecule has 0 fully saturated rings. The molecule has 0 aromatic rings. The molecule has 0 saturated heterocycles. The van der Waals surface area contributed by atoms with Crippen molar-refractivity contribution in [2.45, 2.75) is 13.3 Å². The molecule has 6 heteroatoms. The minimum absolute atomic E-state index is 0.251. The number of hydrogen-bond donors (Lipinski definition) is 0. The molecule has 0 heterocycles. The number of halogens is 2. The zero-order valence-corrected chi connectivity index (χ0v) is 10.1. The molecule has 0 bridgehead atoms. The molecule has 0 unspecified atom stereocenters. The van der Waals surface area contributed by atoms with Crippen molar-refractivity contribution in [3.63, 3.8) is 0 Å². The van der Waals surface area contributed by atoms with Gasteiger partial charge in [-0.2, -0.15) is 0 Å². The second-order valence-electron chi connectivity index (χ2n) is 2.38. The number of hydrogen-bond acceptors (Lipinski definition) is 3. The summed E-state index contributed by atoms with van der Waals surface area (Å²) in [6, 6.07) is 0. The van der Waals surface area contributed by atoms with E-state index in [1.165, 1.54) is 0 Å². The molecule has 3 nitrogen and oxygen atoms in total. The van der Waals surface area contributed by atoms with E-state index >= 15 is 0 Å². The minimum Gasteiger partial charge on any atom is -0.307 e.